The van der Waals surface area contributed by atoms with Crippen molar-refractivity contribution in [1.29, 1.82) is 0 Å². The lowest BCUT2D eigenvalue weighted by atomic mass is 9.86. The molecule has 0 saturated carbocycles. The molecule has 0 saturated heterocycles. The van der Waals surface area contributed by atoms with Crippen LogP contribution in [0.5, 0.6) is 0 Å². The van der Waals surface area contributed by atoms with Gasteiger partial charge in [0, 0.05) is 31.7 Å². The Morgan fingerprint density at radius 2 is 1.73 bits per heavy atom. The van der Waals surface area contributed by atoms with E-state index in [1.54, 1.807) is 0 Å². The molecule has 0 aliphatic rings. The van der Waals surface area contributed by atoms with Gasteiger partial charge in [-0.3, -0.25) is 0 Å². The first-order valence-electron chi connectivity index (χ1n) is 5.87. The predicted octanol–water partition coefficient (Wildman–Crippen LogP) is 1.28. The molecule has 0 spiro atoms. The molecule has 0 amide bonds. The molecule has 1 N–H and O–H groups in total. The topological polar surface area (TPSA) is 26.7 Å². The van der Waals surface area contributed by atoms with Crippen molar-refractivity contribution in [2.24, 2.45) is 5.41 Å². The maximum Gasteiger partial charge on any atom is 0.0497 e. The molecule has 0 aromatic rings. The summed E-state index contributed by atoms with van der Waals surface area (Å²) in [5.74, 6) is 0. The Morgan fingerprint density at radius 1 is 1.13 bits per heavy atom. The van der Waals surface area contributed by atoms with Gasteiger partial charge in [0.1, 0.15) is 0 Å². The summed E-state index contributed by atoms with van der Waals surface area (Å²) in [6, 6.07) is 0. The van der Waals surface area contributed by atoms with E-state index in [-0.39, 0.29) is 12.0 Å². The lowest BCUT2D eigenvalue weighted by molar-refractivity contribution is 0.0879. The minimum Gasteiger partial charge on any atom is -0.396 e. The van der Waals surface area contributed by atoms with Crippen molar-refractivity contribution < 1.29 is 5.11 Å². The van der Waals surface area contributed by atoms with Crippen molar-refractivity contribution in [2.75, 3.05) is 47.4 Å². The Bertz CT molecular complexity index is 162. The van der Waals surface area contributed by atoms with Gasteiger partial charge in [-0.1, -0.05) is 20.3 Å². The Hall–Kier alpha value is -0.120. The zero-order valence-electron chi connectivity index (χ0n) is 11.1. The quantitative estimate of drug-likeness (QED) is 0.662. The number of rotatable bonds is 8. The average molecular weight is 216 g/mol. The normalized spacial score (nSPS) is 16.0. The lowest BCUT2D eigenvalue weighted by Gasteiger charge is -2.32. The third-order valence-electron chi connectivity index (χ3n) is 2.82. The molecule has 0 fully saturated rings. The molecule has 0 aliphatic carbocycles. The fourth-order valence-electron chi connectivity index (χ4n) is 1.91. The van der Waals surface area contributed by atoms with E-state index in [0.717, 1.165) is 32.5 Å². The number of hydrogen-bond donors (Lipinski definition) is 1. The van der Waals surface area contributed by atoms with Gasteiger partial charge < -0.3 is 14.9 Å². The second-order valence-corrected chi connectivity index (χ2v) is 5.26. The zero-order chi connectivity index (χ0) is 11.9. The van der Waals surface area contributed by atoms with Crippen LogP contribution in [-0.4, -0.2) is 62.3 Å². The first-order chi connectivity index (χ1) is 6.93. The highest BCUT2D eigenvalue weighted by atomic mass is 16.3. The highest BCUT2D eigenvalue weighted by Gasteiger charge is 2.23. The summed E-state index contributed by atoms with van der Waals surface area (Å²) >= 11 is 0. The summed E-state index contributed by atoms with van der Waals surface area (Å²) in [7, 11) is 6.31. The minimum absolute atomic E-state index is 0.0653. The number of hydrogen-bond acceptors (Lipinski definition) is 3. The summed E-state index contributed by atoms with van der Waals surface area (Å²) < 4.78 is 0. The van der Waals surface area contributed by atoms with Crippen LogP contribution in [-0.2, 0) is 0 Å². The molecule has 3 heteroatoms. The van der Waals surface area contributed by atoms with Gasteiger partial charge in [-0.05, 0) is 27.6 Å². The maximum atomic E-state index is 9.41. The third-order valence-corrected chi connectivity index (χ3v) is 2.82. The molecule has 0 heterocycles. The molecular formula is C12H28N2O. The molecule has 92 valence electrons. The number of aliphatic hydroxyl groups excluding tert-OH is 1. The van der Waals surface area contributed by atoms with Crippen LogP contribution >= 0.6 is 0 Å². The van der Waals surface area contributed by atoms with Crippen LogP contribution in [0.4, 0.5) is 0 Å². The van der Waals surface area contributed by atoms with Crippen molar-refractivity contribution in [3.05, 3.63) is 0 Å². The van der Waals surface area contributed by atoms with Gasteiger partial charge >= 0.3 is 0 Å². The molecule has 0 bridgehead atoms. The van der Waals surface area contributed by atoms with Gasteiger partial charge in [0.05, 0.1) is 0 Å². The fourth-order valence-corrected chi connectivity index (χ4v) is 1.91. The van der Waals surface area contributed by atoms with Crippen LogP contribution in [0.1, 0.15) is 26.7 Å². The van der Waals surface area contributed by atoms with E-state index < -0.39 is 0 Å². The smallest absolute Gasteiger partial charge is 0.0497 e. The summed E-state index contributed by atoms with van der Waals surface area (Å²) in [4.78, 5) is 4.50. The monoisotopic (exact) mass is 216 g/mol. The highest BCUT2D eigenvalue weighted by Crippen LogP contribution is 2.23. The van der Waals surface area contributed by atoms with E-state index >= 15 is 0 Å². The molecule has 0 rings (SSSR count). The lowest BCUT2D eigenvalue weighted by Crippen LogP contribution is -2.39. The van der Waals surface area contributed by atoms with Crippen LogP contribution in [0.2, 0.25) is 0 Å². The van der Waals surface area contributed by atoms with Crippen LogP contribution in [0.15, 0.2) is 0 Å². The largest absolute Gasteiger partial charge is 0.396 e. The Kier molecular flexibility index (Phi) is 7.14. The molecule has 0 aromatic heterocycles. The Morgan fingerprint density at radius 3 is 2.13 bits per heavy atom. The van der Waals surface area contributed by atoms with E-state index in [0.29, 0.717) is 0 Å². The predicted molar refractivity (Wildman–Crippen MR) is 66.2 cm³/mol. The second kappa shape index (κ2) is 7.20. The standard InChI is InChI=1S/C12H28N2O/c1-6-7-12(2,11-15)10-14(5)9-8-13(3)4/h15H,6-11H2,1-5H3. The molecule has 1 unspecified atom stereocenters. The highest BCUT2D eigenvalue weighted by molar-refractivity contribution is 4.76. The molecule has 15 heavy (non-hydrogen) atoms. The van der Waals surface area contributed by atoms with E-state index in [4.69, 9.17) is 0 Å². The van der Waals surface area contributed by atoms with Gasteiger partial charge in [0.15, 0.2) is 0 Å². The molecule has 1 atom stereocenters. The fraction of sp³-hybridized carbons (Fsp3) is 1.00. The Balaban J connectivity index is 3.94. The van der Waals surface area contributed by atoms with E-state index in [1.165, 1.54) is 0 Å². The van der Waals surface area contributed by atoms with Gasteiger partial charge in [-0.25, -0.2) is 0 Å². The van der Waals surface area contributed by atoms with Crippen molar-refractivity contribution in [1.82, 2.24) is 9.80 Å². The van der Waals surface area contributed by atoms with Gasteiger partial charge in [-0.2, -0.15) is 0 Å². The molecule has 0 radical (unpaired) electrons. The number of nitrogens with zero attached hydrogens (tertiary/aromatic N) is 2. The summed E-state index contributed by atoms with van der Waals surface area (Å²) in [6.07, 6.45) is 2.23. The van der Waals surface area contributed by atoms with Crippen molar-refractivity contribution in [2.45, 2.75) is 26.7 Å². The first kappa shape index (κ1) is 14.9. The Labute approximate surface area is 95.1 Å². The molecule has 0 aliphatic heterocycles. The van der Waals surface area contributed by atoms with Crippen molar-refractivity contribution in [3.63, 3.8) is 0 Å². The second-order valence-electron chi connectivity index (χ2n) is 5.26. The van der Waals surface area contributed by atoms with Gasteiger partial charge in [0.2, 0.25) is 0 Å². The molecular weight excluding hydrogens is 188 g/mol. The van der Waals surface area contributed by atoms with Crippen LogP contribution < -0.4 is 0 Å². The number of likely N-dealkylation sites (N-methyl/N-ethyl adjacent to an activating group) is 2. The van der Waals surface area contributed by atoms with Crippen LogP contribution in [0.3, 0.4) is 0 Å². The summed E-state index contributed by atoms with van der Waals surface area (Å²) in [6.45, 7) is 7.74. The summed E-state index contributed by atoms with van der Waals surface area (Å²) in [5.41, 5.74) is 0.0653. The third kappa shape index (κ3) is 6.88. The SMILES string of the molecule is CCCC(C)(CO)CN(C)CCN(C)C. The van der Waals surface area contributed by atoms with Gasteiger partial charge in [0.25, 0.3) is 0 Å². The van der Waals surface area contributed by atoms with E-state index in [2.05, 4.69) is 44.8 Å². The van der Waals surface area contributed by atoms with E-state index in [9.17, 15) is 5.11 Å². The maximum absolute atomic E-state index is 9.41. The molecule has 0 aromatic carbocycles. The van der Waals surface area contributed by atoms with E-state index in [1.807, 2.05) is 0 Å². The van der Waals surface area contributed by atoms with Crippen molar-refractivity contribution in [3.8, 4) is 0 Å². The summed E-state index contributed by atoms with van der Waals surface area (Å²) in [5, 5.41) is 9.41. The first-order valence-corrected chi connectivity index (χ1v) is 5.87. The van der Waals surface area contributed by atoms with Gasteiger partial charge in [-0.15, -0.1) is 0 Å². The van der Waals surface area contributed by atoms with Crippen molar-refractivity contribution >= 4 is 0 Å². The number of aliphatic hydroxyl groups is 1. The molecule has 3 nitrogen and oxygen atoms in total. The van der Waals surface area contributed by atoms with Crippen LogP contribution in [0.25, 0.3) is 0 Å². The minimum atomic E-state index is 0.0653. The van der Waals surface area contributed by atoms with Crippen LogP contribution in [0, 0.1) is 5.41 Å². The average Bonchev–Trinajstić information content (AvgIpc) is 2.15. The zero-order valence-corrected chi connectivity index (χ0v) is 11.1.